The fourth-order valence-electron chi connectivity index (χ4n) is 1.92. The normalized spacial score (nSPS) is 19.9. The summed E-state index contributed by atoms with van der Waals surface area (Å²) in [6.07, 6.45) is 2.22. The van der Waals surface area contributed by atoms with Gasteiger partial charge in [0.1, 0.15) is 10.7 Å². The largest absolute Gasteiger partial charge is 0.372 e. The van der Waals surface area contributed by atoms with Crippen LogP contribution in [0.4, 0.5) is 5.82 Å². The van der Waals surface area contributed by atoms with Gasteiger partial charge in [-0.05, 0) is 18.2 Å². The van der Waals surface area contributed by atoms with Crippen LogP contribution in [0.1, 0.15) is 6.42 Å². The Hall–Kier alpha value is -0.500. The van der Waals surface area contributed by atoms with E-state index in [1.165, 1.54) is 16.6 Å². The van der Waals surface area contributed by atoms with Crippen molar-refractivity contribution >= 4 is 39.2 Å². The minimum atomic E-state index is -3.52. The third kappa shape index (κ3) is 2.99. The van der Waals surface area contributed by atoms with Crippen molar-refractivity contribution in [2.75, 3.05) is 30.9 Å². The number of thioether (sulfide) groups is 1. The van der Waals surface area contributed by atoms with Gasteiger partial charge in [0.05, 0.1) is 5.02 Å². The zero-order chi connectivity index (χ0) is 14.0. The van der Waals surface area contributed by atoms with Crippen LogP contribution in [0.5, 0.6) is 0 Å². The molecule has 1 N–H and O–H groups in total. The molecule has 2 rings (SSSR count). The van der Waals surface area contributed by atoms with Crippen LogP contribution in [-0.2, 0) is 10.0 Å². The molecule has 2 heterocycles. The Balaban J connectivity index is 2.30. The van der Waals surface area contributed by atoms with Gasteiger partial charge in [0, 0.05) is 32.1 Å². The van der Waals surface area contributed by atoms with Gasteiger partial charge in [-0.3, -0.25) is 0 Å². The third-order valence-electron chi connectivity index (χ3n) is 3.15. The number of hydrogen-bond acceptors (Lipinski definition) is 5. The van der Waals surface area contributed by atoms with Crippen molar-refractivity contribution in [3.05, 3.63) is 17.3 Å². The van der Waals surface area contributed by atoms with Gasteiger partial charge in [0.2, 0.25) is 10.0 Å². The lowest BCUT2D eigenvalue weighted by atomic mass is 10.3. The lowest BCUT2D eigenvalue weighted by Crippen LogP contribution is -2.37. The highest BCUT2D eigenvalue weighted by Crippen LogP contribution is 2.28. The summed E-state index contributed by atoms with van der Waals surface area (Å²) < 4.78 is 26.4. The number of sulfonamides is 1. The van der Waals surface area contributed by atoms with Crippen molar-refractivity contribution < 1.29 is 8.42 Å². The molecule has 0 bridgehead atoms. The van der Waals surface area contributed by atoms with Gasteiger partial charge in [-0.25, -0.2) is 13.4 Å². The zero-order valence-corrected chi connectivity index (χ0v) is 13.1. The van der Waals surface area contributed by atoms with E-state index in [1.807, 2.05) is 0 Å². The van der Waals surface area contributed by atoms with Crippen molar-refractivity contribution in [2.24, 2.45) is 0 Å². The topological polar surface area (TPSA) is 62.3 Å². The van der Waals surface area contributed by atoms with Crippen molar-refractivity contribution in [2.45, 2.75) is 17.4 Å². The van der Waals surface area contributed by atoms with Crippen molar-refractivity contribution in [1.29, 1.82) is 0 Å². The van der Waals surface area contributed by atoms with E-state index < -0.39 is 10.0 Å². The predicted octanol–water partition coefficient (Wildman–Crippen LogP) is 1.90. The van der Waals surface area contributed by atoms with Crippen LogP contribution in [0.2, 0.25) is 5.02 Å². The highest BCUT2D eigenvalue weighted by atomic mass is 35.5. The average molecular weight is 322 g/mol. The Bertz CT molecular complexity index is 559. The zero-order valence-electron chi connectivity index (χ0n) is 10.8. The summed E-state index contributed by atoms with van der Waals surface area (Å²) in [6.45, 7) is 0. The van der Waals surface area contributed by atoms with Gasteiger partial charge in [-0.15, -0.1) is 0 Å². The third-order valence-corrected chi connectivity index (χ3v) is 6.46. The number of pyridine rings is 1. The lowest BCUT2D eigenvalue weighted by Gasteiger charge is -2.23. The first-order valence-electron chi connectivity index (χ1n) is 5.86. The predicted molar refractivity (Wildman–Crippen MR) is 79.5 cm³/mol. The van der Waals surface area contributed by atoms with Gasteiger partial charge < -0.3 is 5.32 Å². The summed E-state index contributed by atoms with van der Waals surface area (Å²) in [4.78, 5) is 4.15. The van der Waals surface area contributed by atoms with Crippen LogP contribution in [0.25, 0.3) is 0 Å². The molecule has 1 atom stereocenters. The Morgan fingerprint density at radius 3 is 2.84 bits per heavy atom. The molecule has 1 aromatic rings. The SMILES string of the molecule is CNc1ncc(S(=O)(=O)N(C)C2CCSC2)cc1Cl. The number of halogens is 1. The molecule has 0 saturated carbocycles. The first-order chi connectivity index (χ1) is 8.96. The molecular formula is C11H16ClN3O2S2. The maximum absolute atomic E-state index is 12.5. The molecule has 1 unspecified atom stereocenters. The maximum Gasteiger partial charge on any atom is 0.244 e. The molecule has 1 aliphatic heterocycles. The van der Waals surface area contributed by atoms with Crippen LogP contribution < -0.4 is 5.32 Å². The summed E-state index contributed by atoms with van der Waals surface area (Å²) in [6, 6.07) is 1.49. The Kier molecular flexibility index (Phi) is 4.60. The minimum absolute atomic E-state index is 0.0535. The molecule has 8 heteroatoms. The molecule has 1 aliphatic rings. The summed E-state index contributed by atoms with van der Waals surface area (Å²) in [7, 11) is -0.223. The van der Waals surface area contributed by atoms with Crippen molar-refractivity contribution in [3.8, 4) is 0 Å². The Morgan fingerprint density at radius 2 is 2.32 bits per heavy atom. The molecular weight excluding hydrogens is 306 g/mol. The quantitative estimate of drug-likeness (QED) is 0.917. The maximum atomic E-state index is 12.5. The van der Waals surface area contributed by atoms with Gasteiger partial charge in [-0.2, -0.15) is 16.1 Å². The molecule has 1 aromatic heterocycles. The van der Waals surface area contributed by atoms with Crippen molar-refractivity contribution in [3.63, 3.8) is 0 Å². The molecule has 0 amide bonds. The summed E-state index contributed by atoms with van der Waals surface area (Å²) in [5.41, 5.74) is 0. The van der Waals surface area contributed by atoms with E-state index >= 15 is 0 Å². The van der Waals surface area contributed by atoms with Crippen LogP contribution >= 0.6 is 23.4 Å². The summed E-state index contributed by atoms with van der Waals surface area (Å²) >= 11 is 7.76. The summed E-state index contributed by atoms with van der Waals surface area (Å²) in [5, 5.41) is 3.11. The van der Waals surface area contributed by atoms with Crippen molar-refractivity contribution in [1.82, 2.24) is 9.29 Å². The molecule has 1 fully saturated rings. The number of hydrogen-bond donors (Lipinski definition) is 1. The highest BCUT2D eigenvalue weighted by molar-refractivity contribution is 7.99. The van der Waals surface area contributed by atoms with Crippen LogP contribution in [0, 0.1) is 0 Å². The monoisotopic (exact) mass is 321 g/mol. The van der Waals surface area contributed by atoms with E-state index in [0.29, 0.717) is 10.8 Å². The van der Waals surface area contributed by atoms with E-state index in [1.54, 1.807) is 25.9 Å². The number of nitrogens with zero attached hydrogens (tertiary/aromatic N) is 2. The van der Waals surface area contributed by atoms with Crippen LogP contribution in [0.15, 0.2) is 17.2 Å². The van der Waals surface area contributed by atoms with E-state index in [4.69, 9.17) is 11.6 Å². The van der Waals surface area contributed by atoms with E-state index in [-0.39, 0.29) is 10.9 Å². The van der Waals surface area contributed by atoms with E-state index in [2.05, 4.69) is 10.3 Å². The fourth-order valence-corrected chi connectivity index (χ4v) is 4.96. The number of aromatic nitrogens is 1. The van der Waals surface area contributed by atoms with Gasteiger partial charge >= 0.3 is 0 Å². The molecule has 0 aromatic carbocycles. The Labute approximate surface area is 122 Å². The molecule has 1 saturated heterocycles. The van der Waals surface area contributed by atoms with Gasteiger partial charge in [-0.1, -0.05) is 11.6 Å². The first kappa shape index (κ1) is 14.9. The van der Waals surface area contributed by atoms with E-state index in [9.17, 15) is 8.42 Å². The van der Waals surface area contributed by atoms with Crippen LogP contribution in [0.3, 0.4) is 0 Å². The second-order valence-electron chi connectivity index (χ2n) is 4.29. The summed E-state index contributed by atoms with van der Waals surface area (Å²) in [5.74, 6) is 2.31. The smallest absolute Gasteiger partial charge is 0.244 e. The molecule has 19 heavy (non-hydrogen) atoms. The standard InChI is InChI=1S/C11H16ClN3O2S2/c1-13-11-10(12)5-9(6-14-11)19(16,17)15(2)8-3-4-18-7-8/h5-6,8H,3-4,7H2,1-2H3,(H,13,14). The average Bonchev–Trinajstić information content (AvgIpc) is 2.91. The van der Waals surface area contributed by atoms with E-state index in [0.717, 1.165) is 17.9 Å². The highest BCUT2D eigenvalue weighted by Gasteiger charge is 2.30. The second-order valence-corrected chi connectivity index (χ2v) is 7.84. The molecule has 0 aliphatic carbocycles. The Morgan fingerprint density at radius 1 is 1.58 bits per heavy atom. The number of nitrogens with one attached hydrogen (secondary N) is 1. The van der Waals surface area contributed by atoms with Crippen LogP contribution in [-0.4, -0.2) is 49.3 Å². The molecule has 0 spiro atoms. The number of rotatable bonds is 4. The van der Waals surface area contributed by atoms with Gasteiger partial charge in [0.25, 0.3) is 0 Å². The molecule has 106 valence electrons. The number of anilines is 1. The molecule has 0 radical (unpaired) electrons. The van der Waals surface area contributed by atoms with Gasteiger partial charge in [0.15, 0.2) is 0 Å². The lowest BCUT2D eigenvalue weighted by molar-refractivity contribution is 0.394. The second kappa shape index (κ2) is 5.87. The minimum Gasteiger partial charge on any atom is -0.372 e. The molecule has 5 nitrogen and oxygen atoms in total. The first-order valence-corrected chi connectivity index (χ1v) is 8.83. The fraction of sp³-hybridized carbons (Fsp3) is 0.545.